The van der Waals surface area contributed by atoms with Crippen molar-refractivity contribution < 1.29 is 10.0 Å². The molecule has 5 nitrogen and oxygen atoms in total. The van der Waals surface area contributed by atoms with E-state index in [2.05, 4.69) is 11.9 Å². The molecule has 1 amide bonds. The van der Waals surface area contributed by atoms with Gasteiger partial charge in [-0.15, -0.1) is 0 Å². The van der Waals surface area contributed by atoms with Crippen molar-refractivity contribution in [3.8, 4) is 0 Å². The molecule has 15 heavy (non-hydrogen) atoms. The van der Waals surface area contributed by atoms with Crippen LogP contribution in [0.25, 0.3) is 0 Å². The molecule has 85 valence electrons. The van der Waals surface area contributed by atoms with Gasteiger partial charge in [-0.2, -0.15) is 0 Å². The van der Waals surface area contributed by atoms with Crippen LogP contribution in [-0.4, -0.2) is 73.1 Å². The molecule has 2 aliphatic rings. The number of likely N-dealkylation sites (tertiary alicyclic amines) is 1. The number of hydrogen-bond donors (Lipinski definition) is 0. The summed E-state index contributed by atoms with van der Waals surface area (Å²) in [6.45, 7) is 2.19. The van der Waals surface area contributed by atoms with E-state index in [0.717, 1.165) is 31.0 Å². The van der Waals surface area contributed by atoms with E-state index in [1.807, 2.05) is 3.92 Å². The fourth-order valence-corrected chi connectivity index (χ4v) is 4.03. The number of hydrogen-bond acceptors (Lipinski definition) is 3. The van der Waals surface area contributed by atoms with Gasteiger partial charge >= 0.3 is 96.0 Å². The third-order valence-electron chi connectivity index (χ3n) is 2.92. The van der Waals surface area contributed by atoms with Crippen LogP contribution in [0, 0.1) is 0 Å². The van der Waals surface area contributed by atoms with Crippen LogP contribution in [0.4, 0.5) is 0 Å². The number of piperidine rings is 1. The molecule has 2 aliphatic heterocycles. The molecule has 6 heteroatoms. The van der Waals surface area contributed by atoms with Crippen molar-refractivity contribution in [2.75, 3.05) is 32.1 Å². The summed E-state index contributed by atoms with van der Waals surface area (Å²) in [5.41, 5.74) is 0.533. The summed E-state index contributed by atoms with van der Waals surface area (Å²) in [5, 5.41) is 11.9. The SMILES string of the molecule is CN1CCC(N2[Se]CN([O])CC2=O)CC1. The minimum absolute atomic E-state index is 0.0332. The molecule has 2 rings (SSSR count). The number of carbonyl (C=O) groups excluding carboxylic acids is 1. The van der Waals surface area contributed by atoms with Gasteiger partial charge in [-0.25, -0.2) is 0 Å². The summed E-state index contributed by atoms with van der Waals surface area (Å²) in [5.74, 6) is 0.0332. The van der Waals surface area contributed by atoms with Gasteiger partial charge in [0.2, 0.25) is 0 Å². The van der Waals surface area contributed by atoms with Gasteiger partial charge in [0.1, 0.15) is 0 Å². The Morgan fingerprint density at radius 2 is 2.00 bits per heavy atom. The molecule has 2 fully saturated rings. The third-order valence-corrected chi connectivity index (χ3v) is 5.40. The van der Waals surface area contributed by atoms with Crippen LogP contribution in [0.2, 0.25) is 0 Å². The van der Waals surface area contributed by atoms with E-state index < -0.39 is 0 Å². The maximum atomic E-state index is 11.7. The van der Waals surface area contributed by atoms with Crippen LogP contribution >= 0.6 is 0 Å². The normalized spacial score (nSPS) is 27.3. The molecule has 2 saturated heterocycles. The van der Waals surface area contributed by atoms with E-state index in [1.54, 1.807) is 0 Å². The molecular formula is C9H16N3O2Se. The average Bonchev–Trinajstić information content (AvgIpc) is 2.20. The van der Waals surface area contributed by atoms with Gasteiger partial charge in [0.25, 0.3) is 0 Å². The van der Waals surface area contributed by atoms with Crippen LogP contribution in [0.5, 0.6) is 0 Å². The van der Waals surface area contributed by atoms with Crippen LogP contribution in [-0.2, 0) is 10.0 Å². The summed E-state index contributed by atoms with van der Waals surface area (Å²) < 4.78 is 1.97. The van der Waals surface area contributed by atoms with Gasteiger partial charge in [-0.3, -0.25) is 0 Å². The standard InChI is InChI=1S/C9H16N3O2Se/c1-10-4-2-8(3-5-10)12-9(13)6-11(14)7-15-12/h8H,2-7H2,1H3. The van der Waals surface area contributed by atoms with Crippen LogP contribution in [0.1, 0.15) is 12.8 Å². The Morgan fingerprint density at radius 1 is 1.33 bits per heavy atom. The average molecular weight is 277 g/mol. The second-order valence-corrected chi connectivity index (χ2v) is 6.06. The Labute approximate surface area is 96.3 Å². The van der Waals surface area contributed by atoms with Crippen molar-refractivity contribution in [3.05, 3.63) is 0 Å². The van der Waals surface area contributed by atoms with E-state index in [1.165, 1.54) is 0 Å². The fraction of sp³-hybridized carbons (Fsp3) is 0.889. The summed E-state index contributed by atoms with van der Waals surface area (Å²) in [7, 11) is 2.11. The first-order valence-corrected chi connectivity index (χ1v) is 7.20. The third kappa shape index (κ3) is 2.71. The first-order valence-electron chi connectivity index (χ1n) is 5.22. The Bertz CT molecular complexity index is 244. The molecular weight excluding hydrogens is 261 g/mol. The fourth-order valence-electron chi connectivity index (χ4n) is 2.00. The predicted molar refractivity (Wildman–Crippen MR) is 55.4 cm³/mol. The molecule has 0 aliphatic carbocycles. The van der Waals surface area contributed by atoms with E-state index >= 15 is 0 Å². The topological polar surface area (TPSA) is 46.7 Å². The Hall–Kier alpha value is -0.131. The second kappa shape index (κ2) is 4.80. The molecule has 0 atom stereocenters. The number of carbonyl (C=O) groups is 1. The van der Waals surface area contributed by atoms with Gasteiger partial charge in [-0.1, -0.05) is 0 Å². The number of hydroxylamine groups is 2. The minimum atomic E-state index is 0.0332. The van der Waals surface area contributed by atoms with Crippen molar-refractivity contribution in [2.45, 2.75) is 18.9 Å². The molecule has 1 radical (unpaired) electrons. The van der Waals surface area contributed by atoms with Crippen molar-refractivity contribution in [1.29, 1.82) is 0 Å². The molecule has 0 bridgehead atoms. The zero-order valence-corrected chi connectivity index (χ0v) is 10.6. The molecule has 2 heterocycles. The second-order valence-electron chi connectivity index (χ2n) is 4.15. The molecule has 0 aromatic rings. The number of rotatable bonds is 1. The first kappa shape index (κ1) is 11.4. The van der Waals surface area contributed by atoms with Crippen molar-refractivity contribution in [3.63, 3.8) is 0 Å². The summed E-state index contributed by atoms with van der Waals surface area (Å²) in [6.07, 6.45) is 2.12. The molecule has 0 spiro atoms. The predicted octanol–water partition coefficient (Wildman–Crippen LogP) is -0.853. The number of amides is 1. The number of nitrogens with zero attached hydrogens (tertiary/aromatic N) is 3. The molecule has 0 N–H and O–H groups in total. The molecule has 0 aromatic heterocycles. The van der Waals surface area contributed by atoms with Gasteiger partial charge < -0.3 is 0 Å². The molecule has 0 aromatic carbocycles. The van der Waals surface area contributed by atoms with Crippen molar-refractivity contribution >= 4 is 21.1 Å². The zero-order chi connectivity index (χ0) is 10.8. The van der Waals surface area contributed by atoms with Gasteiger partial charge in [-0.05, 0) is 0 Å². The van der Waals surface area contributed by atoms with E-state index in [-0.39, 0.29) is 27.6 Å². The molecule has 0 unspecified atom stereocenters. The first-order chi connectivity index (χ1) is 7.16. The van der Waals surface area contributed by atoms with Crippen molar-refractivity contribution in [2.24, 2.45) is 0 Å². The quantitative estimate of drug-likeness (QED) is 0.586. The van der Waals surface area contributed by atoms with E-state index in [4.69, 9.17) is 0 Å². The molecule has 0 saturated carbocycles. The Balaban J connectivity index is 1.90. The van der Waals surface area contributed by atoms with Crippen LogP contribution < -0.4 is 0 Å². The maximum absolute atomic E-state index is 11.7. The van der Waals surface area contributed by atoms with E-state index in [9.17, 15) is 10.0 Å². The van der Waals surface area contributed by atoms with Crippen LogP contribution in [0.15, 0.2) is 0 Å². The van der Waals surface area contributed by atoms with Gasteiger partial charge in [0.05, 0.1) is 0 Å². The summed E-state index contributed by atoms with van der Waals surface area (Å²) >= 11 is 0.0393. The van der Waals surface area contributed by atoms with E-state index in [0.29, 0.717) is 11.5 Å². The van der Waals surface area contributed by atoms with Crippen LogP contribution in [0.3, 0.4) is 0 Å². The summed E-state index contributed by atoms with van der Waals surface area (Å²) in [4.78, 5) is 14.0. The zero-order valence-electron chi connectivity index (χ0n) is 8.89. The Morgan fingerprint density at radius 3 is 2.60 bits per heavy atom. The monoisotopic (exact) mass is 278 g/mol. The Kier molecular flexibility index (Phi) is 3.64. The van der Waals surface area contributed by atoms with Gasteiger partial charge in [0, 0.05) is 0 Å². The summed E-state index contributed by atoms with van der Waals surface area (Å²) in [6, 6.07) is 0.391. The van der Waals surface area contributed by atoms with Crippen molar-refractivity contribution in [1.82, 2.24) is 13.9 Å². The van der Waals surface area contributed by atoms with Gasteiger partial charge in [0.15, 0.2) is 0 Å².